The number of hydrogen-bond donors (Lipinski definition) is 0. The molecule has 0 N–H and O–H groups in total. The Balaban J connectivity index is 1.18. The molecule has 7 aromatic carbocycles. The van der Waals surface area contributed by atoms with E-state index in [1.807, 2.05) is 0 Å². The normalized spacial score (nSPS) is 19.5. The highest BCUT2D eigenvalue weighted by atomic mass is 15.3. The minimum absolute atomic E-state index is 0.0125. The van der Waals surface area contributed by atoms with Crippen LogP contribution in [0.4, 0.5) is 45.5 Å². The van der Waals surface area contributed by atoms with Crippen LogP contribution in [0.25, 0.3) is 0 Å². The quantitative estimate of drug-likeness (QED) is 0.163. The van der Waals surface area contributed by atoms with Gasteiger partial charge in [-0.15, -0.1) is 0 Å². The van der Waals surface area contributed by atoms with Gasteiger partial charge in [0, 0.05) is 50.9 Å². The van der Waals surface area contributed by atoms with E-state index in [0.29, 0.717) is 0 Å². The summed E-state index contributed by atoms with van der Waals surface area (Å²) in [6.07, 6.45) is 4.63. The molecule has 1 aliphatic carbocycles. The molecule has 4 aliphatic rings. The number of aryl methyl sites for hydroxylation is 1. The number of anilines is 8. The smallest absolute Gasteiger partial charge is 0.252 e. The van der Waals surface area contributed by atoms with Crippen molar-refractivity contribution in [3.05, 3.63) is 184 Å². The van der Waals surface area contributed by atoms with Gasteiger partial charge in [0.15, 0.2) is 0 Å². The monoisotopic (exact) mass is 976 g/mol. The average molecular weight is 976 g/mol. The molecular formula is C70H82BN3. The molecule has 1 saturated carbocycles. The van der Waals surface area contributed by atoms with Gasteiger partial charge in [0.1, 0.15) is 0 Å². The van der Waals surface area contributed by atoms with Gasteiger partial charge in [-0.2, -0.15) is 0 Å². The number of nitrogens with zero attached hydrogens (tertiary/aromatic N) is 3. The van der Waals surface area contributed by atoms with Crippen molar-refractivity contribution < 1.29 is 0 Å². The molecule has 3 aliphatic heterocycles. The van der Waals surface area contributed by atoms with Crippen LogP contribution in [0.2, 0.25) is 0 Å². The number of benzene rings is 7. The maximum Gasteiger partial charge on any atom is 0.252 e. The van der Waals surface area contributed by atoms with Crippen LogP contribution in [-0.4, -0.2) is 12.3 Å². The fraction of sp³-hybridized carbons (Fsp3) is 0.400. The van der Waals surface area contributed by atoms with E-state index < -0.39 is 0 Å². The van der Waals surface area contributed by atoms with Crippen molar-refractivity contribution in [1.82, 2.24) is 0 Å². The molecular weight excluding hydrogens is 894 g/mol. The van der Waals surface area contributed by atoms with Gasteiger partial charge >= 0.3 is 0 Å². The van der Waals surface area contributed by atoms with E-state index in [-0.39, 0.29) is 44.7 Å². The molecule has 0 bridgehead atoms. The van der Waals surface area contributed by atoms with Gasteiger partial charge in [0.25, 0.3) is 6.71 Å². The summed E-state index contributed by atoms with van der Waals surface area (Å²) in [7, 11) is 0. The van der Waals surface area contributed by atoms with Crippen molar-refractivity contribution in [2.45, 2.75) is 181 Å². The highest BCUT2D eigenvalue weighted by molar-refractivity contribution is 7.00. The second-order valence-corrected chi connectivity index (χ2v) is 28.2. The summed E-state index contributed by atoms with van der Waals surface area (Å²) >= 11 is 0. The minimum Gasteiger partial charge on any atom is -0.334 e. The summed E-state index contributed by atoms with van der Waals surface area (Å²) in [4.78, 5) is 8.02. The van der Waals surface area contributed by atoms with Crippen LogP contribution in [0.1, 0.15) is 181 Å². The van der Waals surface area contributed by atoms with Gasteiger partial charge in [-0.05, 0) is 175 Å². The Bertz CT molecular complexity index is 3330. The second kappa shape index (κ2) is 16.8. The van der Waals surface area contributed by atoms with Crippen LogP contribution in [0.15, 0.2) is 140 Å². The summed E-state index contributed by atoms with van der Waals surface area (Å²) in [6, 6.07) is 56.2. The highest BCUT2D eigenvalue weighted by Crippen LogP contribution is 2.64. The molecule has 2 atom stereocenters. The van der Waals surface area contributed by atoms with Gasteiger partial charge < -0.3 is 14.7 Å². The van der Waals surface area contributed by atoms with E-state index in [1.165, 1.54) is 119 Å². The van der Waals surface area contributed by atoms with Gasteiger partial charge in [-0.1, -0.05) is 196 Å². The van der Waals surface area contributed by atoms with E-state index in [4.69, 9.17) is 0 Å². The summed E-state index contributed by atoms with van der Waals surface area (Å²) in [5.74, 6) is 0. The molecule has 0 amide bonds. The van der Waals surface area contributed by atoms with Gasteiger partial charge in [0.2, 0.25) is 0 Å². The van der Waals surface area contributed by atoms with Crippen LogP contribution in [0.5, 0.6) is 0 Å². The summed E-state index contributed by atoms with van der Waals surface area (Å²) in [6.45, 7) is 40.0. The third-order valence-corrected chi connectivity index (χ3v) is 18.0. The Morgan fingerprint density at radius 3 is 1.34 bits per heavy atom. The Hall–Kier alpha value is -6.00. The van der Waals surface area contributed by atoms with Crippen LogP contribution < -0.4 is 31.1 Å². The molecule has 1 fully saturated rings. The Kier molecular flexibility index (Phi) is 11.4. The van der Waals surface area contributed by atoms with Crippen molar-refractivity contribution in [2.24, 2.45) is 0 Å². The Labute approximate surface area is 446 Å². The van der Waals surface area contributed by atoms with Crippen molar-refractivity contribution in [3.63, 3.8) is 0 Å². The maximum atomic E-state index is 2.82. The lowest BCUT2D eigenvalue weighted by molar-refractivity contribution is 0.215. The molecule has 11 rings (SSSR count). The molecule has 0 aromatic heterocycles. The third-order valence-electron chi connectivity index (χ3n) is 18.0. The first-order chi connectivity index (χ1) is 34.6. The predicted molar refractivity (Wildman–Crippen MR) is 321 cm³/mol. The summed E-state index contributed by atoms with van der Waals surface area (Å²) in [5, 5.41) is 0. The zero-order chi connectivity index (χ0) is 52.9. The first-order valence-corrected chi connectivity index (χ1v) is 27.9. The lowest BCUT2D eigenvalue weighted by atomic mass is 9.33. The molecule has 3 heterocycles. The van der Waals surface area contributed by atoms with Crippen molar-refractivity contribution >= 4 is 68.6 Å². The van der Waals surface area contributed by atoms with Crippen LogP contribution in [-0.2, 0) is 32.5 Å². The second-order valence-electron chi connectivity index (χ2n) is 28.2. The summed E-state index contributed by atoms with van der Waals surface area (Å²) in [5.41, 5.74) is 24.8. The van der Waals surface area contributed by atoms with E-state index in [0.717, 1.165) is 12.8 Å². The van der Waals surface area contributed by atoms with Crippen molar-refractivity contribution in [2.75, 3.05) is 14.7 Å². The molecule has 7 aromatic rings. The Morgan fingerprint density at radius 1 is 0.392 bits per heavy atom. The van der Waals surface area contributed by atoms with Gasteiger partial charge in [-0.3, -0.25) is 0 Å². The van der Waals surface area contributed by atoms with Crippen LogP contribution in [0, 0.1) is 6.92 Å². The first kappa shape index (κ1) is 50.2. The number of fused-ring (bicyclic) bond motifs is 7. The topological polar surface area (TPSA) is 9.72 Å². The van der Waals surface area contributed by atoms with Gasteiger partial charge in [0.05, 0.1) is 5.54 Å². The van der Waals surface area contributed by atoms with E-state index in [1.54, 1.807) is 0 Å². The molecule has 0 saturated heterocycles. The zero-order valence-corrected chi connectivity index (χ0v) is 48.0. The largest absolute Gasteiger partial charge is 0.334 e. The molecule has 0 spiro atoms. The fourth-order valence-corrected chi connectivity index (χ4v) is 13.7. The average Bonchev–Trinajstić information content (AvgIpc) is 3.58. The SMILES string of the molecule is Cc1cc2c3c(c1)N(c1ccc(C(C)(C)C)cc1)c1cc(N4c5ccc(C(C)(C)C)cc5C5(c6ccc(C(C)(C)C)cc6)CCCCC45C)ccc1B3c1cc(C(C)(C)C)ccc1N2c1ccc(C(C)(C)C)cc1. The van der Waals surface area contributed by atoms with Crippen LogP contribution >= 0.6 is 0 Å². The lowest BCUT2D eigenvalue weighted by Gasteiger charge is -2.52. The summed E-state index contributed by atoms with van der Waals surface area (Å²) < 4.78 is 0. The van der Waals surface area contributed by atoms with E-state index in [9.17, 15) is 0 Å². The van der Waals surface area contributed by atoms with E-state index in [2.05, 4.69) is 272 Å². The molecule has 3 nitrogen and oxygen atoms in total. The van der Waals surface area contributed by atoms with Crippen molar-refractivity contribution in [3.8, 4) is 0 Å². The first-order valence-electron chi connectivity index (χ1n) is 27.9. The lowest BCUT2D eigenvalue weighted by Crippen LogP contribution is -2.61. The Morgan fingerprint density at radius 2 is 0.824 bits per heavy atom. The number of rotatable bonds is 4. The molecule has 2 unspecified atom stereocenters. The fourth-order valence-electron chi connectivity index (χ4n) is 13.7. The highest BCUT2D eigenvalue weighted by Gasteiger charge is 2.61. The molecule has 4 heteroatoms. The molecule has 74 heavy (non-hydrogen) atoms. The molecule has 0 radical (unpaired) electrons. The van der Waals surface area contributed by atoms with E-state index >= 15 is 0 Å². The number of hydrogen-bond acceptors (Lipinski definition) is 3. The third kappa shape index (κ3) is 7.81. The maximum absolute atomic E-state index is 2.82. The van der Waals surface area contributed by atoms with Crippen molar-refractivity contribution in [1.29, 1.82) is 0 Å². The van der Waals surface area contributed by atoms with Crippen LogP contribution in [0.3, 0.4) is 0 Å². The van der Waals surface area contributed by atoms with Gasteiger partial charge in [-0.25, -0.2) is 0 Å². The molecule has 380 valence electrons. The predicted octanol–water partition coefficient (Wildman–Crippen LogP) is 17.3. The minimum atomic E-state index is -0.223. The standard InChI is InChI=1S/C70H82BN3/c1-45-40-61-63-62(41-45)73(53-32-26-48(27-33-53)66(8,9)10)60-44-54(34-35-56(60)71(63)57-43-51(68(14,15)16)29-37-59(57)72(61)52-30-24-47(25-31-52)65(5,6)7)74-58-36-28-50(67(11,12)13)42-55(58)70(39-19-18-38-69(70,74)17)49-22-20-46(21-23-49)64(2,3)4/h20-37,40-44H,18-19,38-39H2,1-17H3. The zero-order valence-electron chi connectivity index (χ0n) is 48.0.